The van der Waals surface area contributed by atoms with E-state index in [2.05, 4.69) is 25.6 Å². The molecule has 2 aromatic heterocycles. The van der Waals surface area contributed by atoms with Crippen molar-refractivity contribution in [1.29, 1.82) is 0 Å². The number of pyridine rings is 1. The van der Waals surface area contributed by atoms with Crippen molar-refractivity contribution in [3.63, 3.8) is 0 Å². The SMILES string of the molecule is CC[C@H](F)CNc1ncc(-c2ccc(CN(C)CCF)cn2)c(N[C@H]2CC[C@H](O)CC2)n1. The minimum atomic E-state index is -0.959. The number of aliphatic hydroxyl groups is 1. The molecule has 0 aliphatic heterocycles. The number of hydrogen-bond acceptors (Lipinski definition) is 7. The van der Waals surface area contributed by atoms with Crippen LogP contribution in [-0.2, 0) is 6.54 Å². The first-order chi connectivity index (χ1) is 15.5. The van der Waals surface area contributed by atoms with Crippen molar-refractivity contribution in [3.8, 4) is 11.3 Å². The van der Waals surface area contributed by atoms with Crippen LogP contribution >= 0.6 is 0 Å². The van der Waals surface area contributed by atoms with E-state index in [9.17, 15) is 13.9 Å². The van der Waals surface area contributed by atoms with Crippen molar-refractivity contribution in [3.05, 3.63) is 30.1 Å². The van der Waals surface area contributed by atoms with Gasteiger partial charge in [0, 0.05) is 38.1 Å². The average Bonchev–Trinajstić information content (AvgIpc) is 2.80. The molecule has 1 aliphatic rings. The van der Waals surface area contributed by atoms with Gasteiger partial charge in [-0.15, -0.1) is 0 Å². The number of halogens is 2. The molecular weight excluding hydrogens is 414 g/mol. The Kier molecular flexibility index (Phi) is 9.11. The number of nitrogens with one attached hydrogen (secondary N) is 2. The molecule has 0 unspecified atom stereocenters. The van der Waals surface area contributed by atoms with E-state index in [-0.39, 0.29) is 25.4 Å². The smallest absolute Gasteiger partial charge is 0.224 e. The summed E-state index contributed by atoms with van der Waals surface area (Å²) >= 11 is 0. The van der Waals surface area contributed by atoms with Gasteiger partial charge in [0.15, 0.2) is 0 Å². The number of aromatic nitrogens is 3. The minimum absolute atomic E-state index is 0.157. The Morgan fingerprint density at radius 1 is 1.19 bits per heavy atom. The number of rotatable bonds is 11. The molecule has 32 heavy (non-hydrogen) atoms. The average molecular weight is 449 g/mol. The second-order valence-corrected chi connectivity index (χ2v) is 8.47. The van der Waals surface area contributed by atoms with Crippen LogP contribution in [-0.4, -0.2) is 70.1 Å². The van der Waals surface area contributed by atoms with Gasteiger partial charge < -0.3 is 15.7 Å². The minimum Gasteiger partial charge on any atom is -0.393 e. The number of hydrogen-bond donors (Lipinski definition) is 3. The molecule has 2 aromatic rings. The van der Waals surface area contributed by atoms with Crippen molar-refractivity contribution in [2.24, 2.45) is 0 Å². The monoisotopic (exact) mass is 448 g/mol. The molecule has 1 aliphatic carbocycles. The second-order valence-electron chi connectivity index (χ2n) is 8.47. The predicted molar refractivity (Wildman–Crippen MR) is 123 cm³/mol. The molecule has 176 valence electrons. The Morgan fingerprint density at radius 3 is 2.62 bits per heavy atom. The first-order valence-corrected chi connectivity index (χ1v) is 11.4. The molecule has 1 fully saturated rings. The van der Waals surface area contributed by atoms with Crippen LogP contribution in [0.5, 0.6) is 0 Å². The molecule has 0 saturated heterocycles. The summed E-state index contributed by atoms with van der Waals surface area (Å²) in [6, 6.07) is 4.08. The molecular formula is C23H34F2N6O. The fourth-order valence-electron chi connectivity index (χ4n) is 3.74. The lowest BCUT2D eigenvalue weighted by atomic mass is 9.93. The lowest BCUT2D eigenvalue weighted by Crippen LogP contribution is -2.29. The van der Waals surface area contributed by atoms with Gasteiger partial charge >= 0.3 is 0 Å². The zero-order valence-electron chi connectivity index (χ0n) is 18.9. The Balaban J connectivity index is 1.79. The third kappa shape index (κ3) is 7.06. The third-order valence-electron chi connectivity index (χ3n) is 5.77. The Bertz CT molecular complexity index is 830. The molecule has 7 nitrogen and oxygen atoms in total. The standard InChI is InChI=1S/C23H34F2N6O/c1-3-17(25)13-27-23-28-14-20(22(30-23)29-18-5-7-19(32)8-6-18)21-9-4-16(12-26-21)15-31(2)11-10-24/h4,9,12,14,17-19,32H,3,5-8,10-11,13,15H2,1-2H3,(H2,27,28,29,30)/t17-,18-,19-/m0/s1. The van der Waals surface area contributed by atoms with Gasteiger partial charge in [-0.05, 0) is 50.8 Å². The van der Waals surface area contributed by atoms with Crippen LogP contribution in [0, 0.1) is 0 Å². The molecule has 9 heteroatoms. The van der Waals surface area contributed by atoms with Gasteiger partial charge in [0.25, 0.3) is 0 Å². The Hall–Kier alpha value is -2.39. The van der Waals surface area contributed by atoms with E-state index < -0.39 is 6.17 Å². The molecule has 0 bridgehead atoms. The van der Waals surface area contributed by atoms with Gasteiger partial charge in [0.05, 0.1) is 17.4 Å². The normalized spacial score (nSPS) is 19.7. The largest absolute Gasteiger partial charge is 0.393 e. The predicted octanol–water partition coefficient (Wildman–Crippen LogP) is 3.82. The van der Waals surface area contributed by atoms with Crippen molar-refractivity contribution >= 4 is 11.8 Å². The number of aliphatic hydroxyl groups excluding tert-OH is 1. The molecule has 1 saturated carbocycles. The maximum Gasteiger partial charge on any atom is 0.224 e. The van der Waals surface area contributed by atoms with E-state index in [1.165, 1.54) is 0 Å². The van der Waals surface area contributed by atoms with Gasteiger partial charge in [-0.25, -0.2) is 13.8 Å². The van der Waals surface area contributed by atoms with E-state index in [0.717, 1.165) is 42.5 Å². The van der Waals surface area contributed by atoms with Crippen LogP contribution in [0.3, 0.4) is 0 Å². The zero-order chi connectivity index (χ0) is 22.9. The molecule has 3 N–H and O–H groups in total. The highest BCUT2D eigenvalue weighted by molar-refractivity contribution is 5.73. The Labute approximate surface area is 188 Å². The summed E-state index contributed by atoms with van der Waals surface area (Å²) in [4.78, 5) is 15.5. The maximum absolute atomic E-state index is 13.7. The quantitative estimate of drug-likeness (QED) is 0.482. The summed E-state index contributed by atoms with van der Waals surface area (Å²) in [5.74, 6) is 1.01. The highest BCUT2D eigenvalue weighted by Gasteiger charge is 2.21. The lowest BCUT2D eigenvalue weighted by Gasteiger charge is -2.27. The third-order valence-corrected chi connectivity index (χ3v) is 5.77. The van der Waals surface area contributed by atoms with Gasteiger partial charge in [-0.1, -0.05) is 13.0 Å². The molecule has 0 radical (unpaired) electrons. The molecule has 0 aromatic carbocycles. The second kappa shape index (κ2) is 12.0. The van der Waals surface area contributed by atoms with Crippen LogP contribution in [0.4, 0.5) is 20.5 Å². The van der Waals surface area contributed by atoms with Crippen LogP contribution in [0.15, 0.2) is 24.5 Å². The summed E-state index contributed by atoms with van der Waals surface area (Å²) in [6.45, 7) is 2.57. The summed E-state index contributed by atoms with van der Waals surface area (Å²) in [6.07, 6.45) is 5.92. The van der Waals surface area contributed by atoms with E-state index in [1.807, 2.05) is 24.1 Å². The number of nitrogens with zero attached hydrogens (tertiary/aromatic N) is 4. The van der Waals surface area contributed by atoms with Crippen LogP contribution in [0.2, 0.25) is 0 Å². The summed E-state index contributed by atoms with van der Waals surface area (Å²) < 4.78 is 26.2. The topological polar surface area (TPSA) is 86.2 Å². The number of anilines is 2. The molecule has 3 rings (SSSR count). The lowest BCUT2D eigenvalue weighted by molar-refractivity contribution is 0.126. The Morgan fingerprint density at radius 2 is 1.97 bits per heavy atom. The van der Waals surface area contributed by atoms with Gasteiger partial charge in [-0.2, -0.15) is 4.98 Å². The highest BCUT2D eigenvalue weighted by Crippen LogP contribution is 2.29. The van der Waals surface area contributed by atoms with Crippen molar-refractivity contribution in [1.82, 2.24) is 19.9 Å². The molecule has 1 atom stereocenters. The van der Waals surface area contributed by atoms with E-state index >= 15 is 0 Å². The first kappa shape index (κ1) is 24.3. The summed E-state index contributed by atoms with van der Waals surface area (Å²) in [5, 5.41) is 16.3. The maximum atomic E-state index is 13.7. The van der Waals surface area contributed by atoms with Gasteiger partial charge in [0.1, 0.15) is 18.7 Å². The zero-order valence-corrected chi connectivity index (χ0v) is 18.9. The fourth-order valence-corrected chi connectivity index (χ4v) is 3.74. The van der Waals surface area contributed by atoms with E-state index in [1.54, 1.807) is 19.3 Å². The van der Waals surface area contributed by atoms with Gasteiger partial charge in [0.2, 0.25) is 5.95 Å². The van der Waals surface area contributed by atoms with Gasteiger partial charge in [-0.3, -0.25) is 9.88 Å². The highest BCUT2D eigenvalue weighted by atomic mass is 19.1. The van der Waals surface area contributed by atoms with E-state index in [4.69, 9.17) is 0 Å². The molecule has 0 spiro atoms. The molecule has 2 heterocycles. The van der Waals surface area contributed by atoms with Crippen LogP contribution < -0.4 is 10.6 Å². The van der Waals surface area contributed by atoms with E-state index in [0.29, 0.717) is 31.3 Å². The van der Waals surface area contributed by atoms with Crippen LogP contribution in [0.25, 0.3) is 11.3 Å². The summed E-state index contributed by atoms with van der Waals surface area (Å²) in [7, 11) is 1.87. The van der Waals surface area contributed by atoms with Crippen molar-refractivity contribution in [2.45, 2.75) is 63.9 Å². The fraction of sp³-hybridized carbons (Fsp3) is 0.609. The van der Waals surface area contributed by atoms with Crippen molar-refractivity contribution < 1.29 is 13.9 Å². The molecule has 0 amide bonds. The summed E-state index contributed by atoms with van der Waals surface area (Å²) in [5.41, 5.74) is 2.48. The van der Waals surface area contributed by atoms with Crippen molar-refractivity contribution in [2.75, 3.05) is 37.4 Å². The first-order valence-electron chi connectivity index (χ1n) is 11.4. The van der Waals surface area contributed by atoms with Crippen LogP contribution in [0.1, 0.15) is 44.6 Å². The number of alkyl halides is 2.